The number of ether oxygens (including phenoxy) is 3. The van der Waals surface area contributed by atoms with Gasteiger partial charge in [-0.05, 0) is 73.9 Å². The van der Waals surface area contributed by atoms with Crippen molar-refractivity contribution in [3.63, 3.8) is 0 Å². The van der Waals surface area contributed by atoms with E-state index in [4.69, 9.17) is 14.2 Å². The van der Waals surface area contributed by atoms with E-state index in [1.807, 2.05) is 6.92 Å². The van der Waals surface area contributed by atoms with Crippen LogP contribution >= 0.6 is 0 Å². The Hall–Kier alpha value is -4.42. The second-order valence-electron chi connectivity index (χ2n) is 9.59. The minimum Gasteiger partial charge on any atom is -0.495 e. The van der Waals surface area contributed by atoms with E-state index in [-0.39, 0.29) is 29.2 Å². The molecule has 1 aliphatic heterocycles. The van der Waals surface area contributed by atoms with Crippen molar-refractivity contribution in [3.05, 3.63) is 83.9 Å². The highest BCUT2D eigenvalue weighted by atomic mass is 32.2. The minimum absolute atomic E-state index is 0.0397. The van der Waals surface area contributed by atoms with E-state index in [9.17, 15) is 18.0 Å². The first-order valence-corrected chi connectivity index (χ1v) is 14.9. The van der Waals surface area contributed by atoms with Crippen LogP contribution < -0.4 is 24.5 Å². The molecular weight excluding hydrogens is 560 g/mol. The van der Waals surface area contributed by atoms with Crippen molar-refractivity contribution in [3.8, 4) is 11.5 Å². The van der Waals surface area contributed by atoms with Crippen molar-refractivity contribution in [2.75, 3.05) is 37.7 Å². The van der Waals surface area contributed by atoms with E-state index in [0.29, 0.717) is 23.6 Å². The number of rotatable bonds is 13. The Morgan fingerprint density at radius 2 is 1.79 bits per heavy atom. The number of para-hydroxylation sites is 2. The lowest BCUT2D eigenvalue weighted by Gasteiger charge is -2.25. The van der Waals surface area contributed by atoms with Crippen molar-refractivity contribution >= 4 is 33.7 Å². The van der Waals surface area contributed by atoms with Crippen molar-refractivity contribution in [2.24, 2.45) is 5.10 Å². The van der Waals surface area contributed by atoms with Crippen LogP contribution in [-0.2, 0) is 24.3 Å². The maximum Gasteiger partial charge on any atom is 0.264 e. The molecule has 42 heavy (non-hydrogen) atoms. The molecule has 11 nitrogen and oxygen atoms in total. The number of benzene rings is 3. The molecule has 222 valence electrons. The molecule has 1 saturated heterocycles. The van der Waals surface area contributed by atoms with Crippen LogP contribution in [-0.4, -0.2) is 66.0 Å². The number of methoxy groups -OCH3 is 1. The van der Waals surface area contributed by atoms with Gasteiger partial charge in [0.05, 0.1) is 30.0 Å². The van der Waals surface area contributed by atoms with Crippen LogP contribution in [0.15, 0.2) is 82.8 Å². The number of anilines is 1. The van der Waals surface area contributed by atoms with Crippen LogP contribution in [0.5, 0.6) is 11.5 Å². The summed E-state index contributed by atoms with van der Waals surface area (Å²) in [4.78, 5) is 24.9. The normalized spacial score (nSPS) is 14.9. The molecule has 3 aromatic rings. The van der Waals surface area contributed by atoms with Gasteiger partial charge in [0.15, 0.2) is 6.61 Å². The van der Waals surface area contributed by atoms with Crippen LogP contribution in [0, 0.1) is 6.92 Å². The molecule has 3 aromatic carbocycles. The molecule has 0 spiro atoms. The number of carbonyl (C=O) groups is 2. The van der Waals surface area contributed by atoms with Gasteiger partial charge in [-0.25, -0.2) is 13.8 Å². The van der Waals surface area contributed by atoms with Gasteiger partial charge < -0.3 is 19.5 Å². The average Bonchev–Trinajstić information content (AvgIpc) is 3.52. The number of carbonyl (C=O) groups excluding carboxylic acids is 2. The smallest absolute Gasteiger partial charge is 0.264 e. The Bertz CT molecular complexity index is 1490. The van der Waals surface area contributed by atoms with E-state index in [2.05, 4.69) is 15.8 Å². The Kier molecular flexibility index (Phi) is 10.5. The second kappa shape index (κ2) is 14.5. The summed E-state index contributed by atoms with van der Waals surface area (Å²) in [5, 5.41) is 6.77. The number of amides is 2. The Balaban J connectivity index is 1.35. The molecule has 0 aliphatic carbocycles. The number of hydrogen-bond donors (Lipinski definition) is 2. The Morgan fingerprint density at radius 3 is 2.48 bits per heavy atom. The zero-order valence-electron chi connectivity index (χ0n) is 23.5. The molecule has 0 unspecified atom stereocenters. The highest BCUT2D eigenvalue weighted by Gasteiger charge is 2.29. The maximum atomic E-state index is 13.6. The molecule has 2 N–H and O–H groups in total. The first-order chi connectivity index (χ1) is 20.3. The molecule has 0 bridgehead atoms. The molecule has 0 radical (unpaired) electrons. The summed E-state index contributed by atoms with van der Waals surface area (Å²) >= 11 is 0. The fourth-order valence-corrected chi connectivity index (χ4v) is 5.63. The van der Waals surface area contributed by atoms with Crippen LogP contribution in [0.2, 0.25) is 0 Å². The molecule has 1 aliphatic rings. The van der Waals surface area contributed by atoms with Crippen LogP contribution in [0.25, 0.3) is 0 Å². The third-order valence-electron chi connectivity index (χ3n) is 6.45. The molecule has 12 heteroatoms. The molecule has 0 saturated carbocycles. The monoisotopic (exact) mass is 594 g/mol. The first-order valence-electron chi connectivity index (χ1n) is 13.4. The standard InChI is InChI=1S/C30H34N4O7S/c1-22-9-15-26(16-10-22)42(37,38)34(27-7-3-4-8-28(27)39-2)20-29(35)33-32-18-23-11-13-24(14-12-23)41-21-30(36)31-19-25-6-5-17-40-25/h3-4,7-16,18,25H,5-6,17,19-21H2,1-2H3,(H,31,36)(H,33,35)/b32-18-/t25-/m0/s1. The van der Waals surface area contributed by atoms with Crippen molar-refractivity contribution in [2.45, 2.75) is 30.8 Å². The summed E-state index contributed by atoms with van der Waals surface area (Å²) < 4.78 is 44.5. The predicted molar refractivity (Wildman–Crippen MR) is 158 cm³/mol. The van der Waals surface area contributed by atoms with Crippen molar-refractivity contribution in [1.29, 1.82) is 0 Å². The molecule has 4 rings (SSSR count). The molecule has 1 fully saturated rings. The molecule has 1 atom stereocenters. The number of nitrogens with zero attached hydrogens (tertiary/aromatic N) is 2. The van der Waals surface area contributed by atoms with Gasteiger partial charge in [0, 0.05) is 13.2 Å². The predicted octanol–water partition coefficient (Wildman–Crippen LogP) is 3.02. The maximum absolute atomic E-state index is 13.6. The summed E-state index contributed by atoms with van der Waals surface area (Å²) in [7, 11) is -2.68. The van der Waals surface area contributed by atoms with Gasteiger partial charge in [0.25, 0.3) is 21.8 Å². The number of nitrogens with one attached hydrogen (secondary N) is 2. The zero-order chi connectivity index (χ0) is 30.0. The SMILES string of the molecule is COc1ccccc1N(CC(=O)N/N=C\c1ccc(OCC(=O)NC[C@@H]2CCCO2)cc1)S(=O)(=O)c1ccc(C)cc1. The Labute approximate surface area is 245 Å². The number of hydrogen-bond acceptors (Lipinski definition) is 8. The van der Waals surface area contributed by atoms with Crippen LogP contribution in [0.3, 0.4) is 0 Å². The lowest BCUT2D eigenvalue weighted by Crippen LogP contribution is -2.39. The second-order valence-corrected chi connectivity index (χ2v) is 11.4. The van der Waals surface area contributed by atoms with E-state index >= 15 is 0 Å². The summed E-state index contributed by atoms with van der Waals surface area (Å²) in [5.74, 6) is -0.0865. The number of sulfonamides is 1. The Morgan fingerprint density at radius 1 is 1.05 bits per heavy atom. The average molecular weight is 595 g/mol. The van der Waals surface area contributed by atoms with Gasteiger partial charge in [0.2, 0.25) is 0 Å². The van der Waals surface area contributed by atoms with Crippen LogP contribution in [0.4, 0.5) is 5.69 Å². The highest BCUT2D eigenvalue weighted by Crippen LogP contribution is 2.32. The van der Waals surface area contributed by atoms with Gasteiger partial charge in [-0.1, -0.05) is 29.8 Å². The van der Waals surface area contributed by atoms with Gasteiger partial charge in [-0.3, -0.25) is 13.9 Å². The van der Waals surface area contributed by atoms with E-state index in [0.717, 1.165) is 29.3 Å². The van der Waals surface area contributed by atoms with Gasteiger partial charge in [-0.15, -0.1) is 0 Å². The lowest BCUT2D eigenvalue weighted by molar-refractivity contribution is -0.123. The van der Waals surface area contributed by atoms with Gasteiger partial charge in [-0.2, -0.15) is 5.10 Å². The largest absolute Gasteiger partial charge is 0.495 e. The van der Waals surface area contributed by atoms with Crippen molar-refractivity contribution < 1.29 is 32.2 Å². The molecule has 2 amide bonds. The third kappa shape index (κ3) is 8.30. The van der Waals surface area contributed by atoms with Crippen molar-refractivity contribution in [1.82, 2.24) is 10.7 Å². The highest BCUT2D eigenvalue weighted by molar-refractivity contribution is 7.92. The topological polar surface area (TPSA) is 136 Å². The van der Waals surface area contributed by atoms with E-state index in [1.165, 1.54) is 25.5 Å². The lowest BCUT2D eigenvalue weighted by atomic mass is 10.2. The van der Waals surface area contributed by atoms with Gasteiger partial charge in [0.1, 0.15) is 18.0 Å². The zero-order valence-corrected chi connectivity index (χ0v) is 24.3. The summed E-state index contributed by atoms with van der Waals surface area (Å²) in [6.07, 6.45) is 3.43. The van der Waals surface area contributed by atoms with E-state index < -0.39 is 22.5 Å². The van der Waals surface area contributed by atoms with Gasteiger partial charge >= 0.3 is 0 Å². The number of aryl methyl sites for hydroxylation is 1. The molecule has 0 aromatic heterocycles. The molecule has 1 heterocycles. The number of hydrazone groups is 1. The third-order valence-corrected chi connectivity index (χ3v) is 8.23. The summed E-state index contributed by atoms with van der Waals surface area (Å²) in [6, 6.07) is 19.7. The summed E-state index contributed by atoms with van der Waals surface area (Å²) in [5.41, 5.74) is 4.16. The first kappa shape index (κ1) is 30.5. The van der Waals surface area contributed by atoms with Crippen LogP contribution in [0.1, 0.15) is 24.0 Å². The fraction of sp³-hybridized carbons (Fsp3) is 0.300. The van der Waals surface area contributed by atoms with E-state index in [1.54, 1.807) is 60.7 Å². The molecular formula is C30H34N4O7S. The fourth-order valence-electron chi connectivity index (χ4n) is 4.20. The minimum atomic E-state index is -4.11. The quantitative estimate of drug-likeness (QED) is 0.229. The summed E-state index contributed by atoms with van der Waals surface area (Å²) in [6.45, 7) is 2.40.